The van der Waals surface area contributed by atoms with Crippen molar-refractivity contribution < 1.29 is 22.3 Å². The van der Waals surface area contributed by atoms with E-state index in [9.17, 15) is 17.6 Å². The van der Waals surface area contributed by atoms with E-state index in [1.54, 1.807) is 31.2 Å². The first-order chi connectivity index (χ1) is 15.3. The van der Waals surface area contributed by atoms with Gasteiger partial charge >= 0.3 is 0 Å². The lowest BCUT2D eigenvalue weighted by molar-refractivity contribution is -0.117. The molecule has 6 nitrogen and oxygen atoms in total. The monoisotopic (exact) mass is 476 g/mol. The van der Waals surface area contributed by atoms with Crippen LogP contribution < -0.4 is 14.8 Å². The van der Waals surface area contributed by atoms with Crippen LogP contribution in [0.1, 0.15) is 12.5 Å². The number of rotatable bonds is 9. The third-order valence-electron chi connectivity index (χ3n) is 4.50. The second kappa shape index (κ2) is 10.6. The topological polar surface area (TPSA) is 84.5 Å². The highest BCUT2D eigenvalue weighted by atomic mass is 35.5. The third-order valence-corrected chi connectivity index (χ3v) is 6.27. The molecule has 0 saturated heterocycles. The molecule has 0 radical (unpaired) electrons. The highest BCUT2D eigenvalue weighted by Gasteiger charge is 2.27. The maximum absolute atomic E-state index is 13.5. The number of carbonyl (C=O) groups is 1. The normalized spacial score (nSPS) is 12.2. The third kappa shape index (κ3) is 6.29. The van der Waals surface area contributed by atoms with E-state index in [2.05, 4.69) is 10.0 Å². The van der Waals surface area contributed by atoms with Crippen molar-refractivity contribution in [2.75, 3.05) is 11.9 Å². The highest BCUT2D eigenvalue weighted by molar-refractivity contribution is 7.89. The molecule has 3 rings (SSSR count). The molecular weight excluding hydrogens is 455 g/mol. The lowest BCUT2D eigenvalue weighted by Gasteiger charge is -2.19. The van der Waals surface area contributed by atoms with Gasteiger partial charge in [-0.25, -0.2) is 12.8 Å². The fraction of sp³-hybridized carbons (Fsp3) is 0.174. The van der Waals surface area contributed by atoms with Crippen molar-refractivity contribution in [3.8, 4) is 5.75 Å². The van der Waals surface area contributed by atoms with Gasteiger partial charge in [-0.2, -0.15) is 4.72 Å². The second-order valence-electron chi connectivity index (χ2n) is 6.89. The number of halogens is 2. The summed E-state index contributed by atoms with van der Waals surface area (Å²) in [7, 11) is -4.10. The van der Waals surface area contributed by atoms with Crippen LogP contribution in [-0.2, 0) is 21.2 Å². The maximum atomic E-state index is 13.5. The summed E-state index contributed by atoms with van der Waals surface area (Å²) in [5.41, 5.74) is 0.968. The standard InChI is InChI=1S/C23H22ClFN2O4S/c1-2-31-22-12-11-19(15-20(22)24)32(29,30)27-21(13-16-7-4-3-5-8-16)23(28)26-18-10-6-9-17(25)14-18/h3-12,14-15,21,27H,2,13H2,1H3,(H,26,28)/t21-/m0/s1. The van der Waals surface area contributed by atoms with Crippen molar-refractivity contribution >= 4 is 33.2 Å². The van der Waals surface area contributed by atoms with Crippen molar-refractivity contribution in [1.82, 2.24) is 4.72 Å². The quantitative estimate of drug-likeness (QED) is 0.479. The Bertz CT molecular complexity index is 1190. The minimum Gasteiger partial charge on any atom is -0.492 e. The van der Waals surface area contributed by atoms with E-state index < -0.39 is 27.8 Å². The van der Waals surface area contributed by atoms with Gasteiger partial charge in [0.2, 0.25) is 15.9 Å². The Morgan fingerprint density at radius 2 is 1.81 bits per heavy atom. The summed E-state index contributed by atoms with van der Waals surface area (Å²) in [6, 6.07) is 17.2. The van der Waals surface area contributed by atoms with Gasteiger partial charge in [0.15, 0.2) is 0 Å². The van der Waals surface area contributed by atoms with Gasteiger partial charge in [0.05, 0.1) is 16.5 Å². The molecule has 3 aromatic carbocycles. The molecule has 9 heteroatoms. The molecule has 0 aliphatic heterocycles. The zero-order valence-corrected chi connectivity index (χ0v) is 18.8. The summed E-state index contributed by atoms with van der Waals surface area (Å²) >= 11 is 6.13. The van der Waals surface area contributed by atoms with Crippen molar-refractivity contribution in [2.45, 2.75) is 24.3 Å². The summed E-state index contributed by atoms with van der Waals surface area (Å²) in [5.74, 6) is -0.787. The number of carbonyl (C=O) groups excluding carboxylic acids is 1. The first kappa shape index (κ1) is 23.7. The summed E-state index contributed by atoms with van der Waals surface area (Å²) in [6.45, 7) is 2.16. The van der Waals surface area contributed by atoms with Gasteiger partial charge < -0.3 is 10.1 Å². The van der Waals surface area contributed by atoms with Gasteiger partial charge in [0.25, 0.3) is 0 Å². The van der Waals surface area contributed by atoms with E-state index in [4.69, 9.17) is 16.3 Å². The largest absolute Gasteiger partial charge is 0.492 e. The van der Waals surface area contributed by atoms with E-state index >= 15 is 0 Å². The number of nitrogens with one attached hydrogen (secondary N) is 2. The molecule has 0 aliphatic carbocycles. The summed E-state index contributed by atoms with van der Waals surface area (Å²) in [6.07, 6.45) is 0.0893. The zero-order valence-electron chi connectivity index (χ0n) is 17.2. The molecule has 0 saturated carbocycles. The average Bonchev–Trinajstić information content (AvgIpc) is 2.75. The number of hydrogen-bond donors (Lipinski definition) is 2. The molecule has 2 N–H and O–H groups in total. The molecule has 0 unspecified atom stereocenters. The predicted molar refractivity (Wildman–Crippen MR) is 122 cm³/mol. The van der Waals surface area contributed by atoms with Crippen LogP contribution in [0.5, 0.6) is 5.75 Å². The zero-order chi connectivity index (χ0) is 23.1. The Kier molecular flexibility index (Phi) is 7.84. The van der Waals surface area contributed by atoms with Gasteiger partial charge in [0, 0.05) is 5.69 Å². The number of hydrogen-bond acceptors (Lipinski definition) is 4. The van der Waals surface area contributed by atoms with E-state index in [0.717, 1.165) is 11.6 Å². The molecule has 0 spiro atoms. The second-order valence-corrected chi connectivity index (χ2v) is 9.01. The number of benzene rings is 3. The first-order valence-corrected chi connectivity index (χ1v) is 11.7. The highest BCUT2D eigenvalue weighted by Crippen LogP contribution is 2.27. The van der Waals surface area contributed by atoms with E-state index in [-0.39, 0.29) is 22.0 Å². The Hall–Kier alpha value is -2.94. The van der Waals surface area contributed by atoms with Crippen LogP contribution in [0.25, 0.3) is 0 Å². The van der Waals surface area contributed by atoms with Crippen LogP contribution in [0.3, 0.4) is 0 Å². The van der Waals surface area contributed by atoms with Crippen molar-refractivity contribution in [1.29, 1.82) is 0 Å². The number of sulfonamides is 1. The lowest BCUT2D eigenvalue weighted by atomic mass is 10.1. The van der Waals surface area contributed by atoms with Gasteiger partial charge in [0.1, 0.15) is 17.6 Å². The summed E-state index contributed by atoms with van der Waals surface area (Å²) in [4.78, 5) is 12.8. The minimum absolute atomic E-state index is 0.0893. The molecule has 0 bridgehead atoms. The Morgan fingerprint density at radius 3 is 2.47 bits per heavy atom. The van der Waals surface area contributed by atoms with Crippen molar-refractivity contribution in [2.24, 2.45) is 0 Å². The van der Waals surface area contributed by atoms with Gasteiger partial charge in [-0.05, 0) is 55.3 Å². The smallest absolute Gasteiger partial charge is 0.242 e. The molecule has 0 fully saturated rings. The molecule has 0 heterocycles. The van der Waals surface area contributed by atoms with Gasteiger partial charge in [-0.1, -0.05) is 48.0 Å². The van der Waals surface area contributed by atoms with Crippen molar-refractivity contribution in [3.63, 3.8) is 0 Å². The predicted octanol–water partition coefficient (Wildman–Crippen LogP) is 4.41. The lowest BCUT2D eigenvalue weighted by Crippen LogP contribution is -2.45. The number of amides is 1. The molecule has 0 aliphatic rings. The molecule has 1 atom stereocenters. The van der Waals surface area contributed by atoms with Gasteiger partial charge in [-0.3, -0.25) is 4.79 Å². The van der Waals surface area contributed by atoms with E-state index in [1.165, 1.54) is 36.4 Å². The average molecular weight is 477 g/mol. The Balaban J connectivity index is 1.87. The fourth-order valence-corrected chi connectivity index (χ4v) is 4.53. The Morgan fingerprint density at radius 1 is 1.06 bits per heavy atom. The van der Waals surface area contributed by atoms with E-state index in [0.29, 0.717) is 12.4 Å². The maximum Gasteiger partial charge on any atom is 0.242 e. The molecular formula is C23H22ClFN2O4S. The molecule has 0 aromatic heterocycles. The van der Waals surface area contributed by atoms with Crippen LogP contribution in [-0.4, -0.2) is 27.0 Å². The Labute approximate surface area is 191 Å². The van der Waals surface area contributed by atoms with Crippen LogP contribution >= 0.6 is 11.6 Å². The minimum atomic E-state index is -4.10. The number of anilines is 1. The van der Waals surface area contributed by atoms with Crippen molar-refractivity contribution in [3.05, 3.63) is 89.2 Å². The van der Waals surface area contributed by atoms with Crippen LogP contribution in [0.2, 0.25) is 5.02 Å². The van der Waals surface area contributed by atoms with Gasteiger partial charge in [-0.15, -0.1) is 0 Å². The SMILES string of the molecule is CCOc1ccc(S(=O)(=O)N[C@@H](Cc2ccccc2)C(=O)Nc2cccc(F)c2)cc1Cl. The molecule has 1 amide bonds. The molecule has 168 valence electrons. The summed E-state index contributed by atoms with van der Waals surface area (Å²) in [5, 5.41) is 2.70. The molecule has 32 heavy (non-hydrogen) atoms. The van der Waals surface area contributed by atoms with Crippen LogP contribution in [0, 0.1) is 5.82 Å². The van der Waals surface area contributed by atoms with E-state index in [1.807, 2.05) is 6.07 Å². The van der Waals surface area contributed by atoms with Crippen LogP contribution in [0.15, 0.2) is 77.7 Å². The summed E-state index contributed by atoms with van der Waals surface area (Å²) < 4.78 is 47.3. The molecule has 3 aromatic rings. The fourth-order valence-electron chi connectivity index (χ4n) is 3.01. The first-order valence-electron chi connectivity index (χ1n) is 9.83. The van der Waals surface area contributed by atoms with Crippen LogP contribution in [0.4, 0.5) is 10.1 Å². The number of ether oxygens (including phenoxy) is 1.